The van der Waals surface area contributed by atoms with Crippen LogP contribution in [-0.2, 0) is 9.59 Å². The highest BCUT2D eigenvalue weighted by Crippen LogP contribution is 2.15. The highest BCUT2D eigenvalue weighted by atomic mass is 16.2. The molecular weight excluding hydrogens is 170 g/mol. The van der Waals surface area contributed by atoms with Gasteiger partial charge in [0.25, 0.3) is 0 Å². The van der Waals surface area contributed by atoms with Crippen LogP contribution in [0.4, 0.5) is 0 Å². The molecule has 3 N–H and O–H groups in total. The van der Waals surface area contributed by atoms with Crippen LogP contribution in [-0.4, -0.2) is 29.8 Å². The van der Waals surface area contributed by atoms with Crippen molar-refractivity contribution in [2.24, 2.45) is 11.8 Å². The summed E-state index contributed by atoms with van der Waals surface area (Å²) in [5, 5.41) is 0. The minimum Gasteiger partial charge on any atom is -0.334 e. The first-order chi connectivity index (χ1) is 6.15. The summed E-state index contributed by atoms with van der Waals surface area (Å²) in [6.45, 7) is 3.46. The number of hydrazine groups is 1. The van der Waals surface area contributed by atoms with Crippen LogP contribution in [0.5, 0.6) is 0 Å². The van der Waals surface area contributed by atoms with E-state index in [4.69, 9.17) is 5.84 Å². The lowest BCUT2D eigenvalue weighted by atomic mass is 9.99. The van der Waals surface area contributed by atoms with E-state index in [-0.39, 0.29) is 0 Å². The molecule has 1 heterocycles. The Kier molecular flexibility index (Phi) is 3.25. The predicted octanol–water partition coefficient (Wildman–Crippen LogP) is -0.765. The molecule has 2 amide bonds. The van der Waals surface area contributed by atoms with E-state index in [9.17, 15) is 9.59 Å². The fraction of sp³-hybridized carbons (Fsp3) is 0.750. The number of nitrogens with one attached hydrogen (secondary N) is 1. The molecule has 0 radical (unpaired) electrons. The molecule has 13 heavy (non-hydrogen) atoms. The molecule has 0 spiro atoms. The Hall–Kier alpha value is -1.10. The summed E-state index contributed by atoms with van der Waals surface area (Å²) in [4.78, 5) is 23.7. The zero-order chi connectivity index (χ0) is 9.84. The van der Waals surface area contributed by atoms with Crippen molar-refractivity contribution in [2.45, 2.75) is 19.8 Å². The first-order valence-corrected chi connectivity index (χ1v) is 4.45. The van der Waals surface area contributed by atoms with E-state index in [0.717, 1.165) is 12.8 Å². The Balaban J connectivity index is 2.44. The molecule has 0 atom stereocenters. The minimum atomic E-state index is -0.727. The molecule has 1 aliphatic rings. The van der Waals surface area contributed by atoms with Gasteiger partial charge >= 0.3 is 11.8 Å². The van der Waals surface area contributed by atoms with Crippen molar-refractivity contribution in [1.82, 2.24) is 10.3 Å². The number of nitrogens with zero attached hydrogens (tertiary/aromatic N) is 1. The van der Waals surface area contributed by atoms with E-state index in [1.165, 1.54) is 0 Å². The number of rotatable bonds is 0. The molecule has 1 fully saturated rings. The van der Waals surface area contributed by atoms with Crippen molar-refractivity contribution >= 4 is 11.8 Å². The van der Waals surface area contributed by atoms with E-state index in [1.807, 2.05) is 5.43 Å². The third kappa shape index (κ3) is 2.42. The first-order valence-electron chi connectivity index (χ1n) is 4.45. The smallest absolute Gasteiger partial charge is 0.323 e. The van der Waals surface area contributed by atoms with Gasteiger partial charge in [0.1, 0.15) is 0 Å². The fourth-order valence-corrected chi connectivity index (χ4v) is 1.42. The van der Waals surface area contributed by atoms with Gasteiger partial charge in [-0.05, 0) is 18.8 Å². The molecule has 0 bridgehead atoms. The fourth-order valence-electron chi connectivity index (χ4n) is 1.42. The van der Waals surface area contributed by atoms with E-state index in [0.29, 0.717) is 19.0 Å². The Bertz CT molecular complexity index is 209. The second-order valence-corrected chi connectivity index (χ2v) is 3.45. The summed E-state index contributed by atoms with van der Waals surface area (Å²) >= 11 is 0. The van der Waals surface area contributed by atoms with Crippen molar-refractivity contribution in [1.29, 1.82) is 0 Å². The number of carbonyl (C=O) groups excluding carboxylic acids is 2. The molecule has 0 aromatic heterocycles. The molecule has 0 saturated carbocycles. The van der Waals surface area contributed by atoms with E-state index >= 15 is 0 Å². The topological polar surface area (TPSA) is 75.4 Å². The third-order valence-electron chi connectivity index (χ3n) is 2.40. The van der Waals surface area contributed by atoms with Gasteiger partial charge in [0.2, 0.25) is 0 Å². The van der Waals surface area contributed by atoms with Gasteiger partial charge in [0.05, 0.1) is 0 Å². The number of likely N-dealkylation sites (tertiary alicyclic amines) is 1. The quantitative estimate of drug-likeness (QED) is 0.225. The summed E-state index contributed by atoms with van der Waals surface area (Å²) in [5.41, 5.74) is 1.84. The molecule has 1 saturated heterocycles. The Morgan fingerprint density at radius 1 is 1.38 bits per heavy atom. The number of hydrogen-bond acceptors (Lipinski definition) is 3. The lowest BCUT2D eigenvalue weighted by molar-refractivity contribution is -0.146. The zero-order valence-electron chi connectivity index (χ0n) is 7.75. The van der Waals surface area contributed by atoms with Gasteiger partial charge in [-0.3, -0.25) is 15.0 Å². The van der Waals surface area contributed by atoms with Crippen LogP contribution >= 0.6 is 0 Å². The van der Waals surface area contributed by atoms with Crippen molar-refractivity contribution < 1.29 is 9.59 Å². The van der Waals surface area contributed by atoms with E-state index in [2.05, 4.69) is 6.92 Å². The normalized spacial score (nSPS) is 18.5. The highest BCUT2D eigenvalue weighted by Gasteiger charge is 2.24. The van der Waals surface area contributed by atoms with Crippen LogP contribution in [0.1, 0.15) is 19.8 Å². The summed E-state index contributed by atoms with van der Waals surface area (Å²) in [6.07, 6.45) is 1.92. The highest BCUT2D eigenvalue weighted by molar-refractivity contribution is 6.34. The van der Waals surface area contributed by atoms with Gasteiger partial charge in [0, 0.05) is 13.1 Å². The average molecular weight is 185 g/mol. The second kappa shape index (κ2) is 4.23. The molecule has 0 aromatic rings. The maximum absolute atomic E-state index is 11.3. The van der Waals surface area contributed by atoms with Crippen molar-refractivity contribution in [3.63, 3.8) is 0 Å². The molecule has 5 heteroatoms. The minimum absolute atomic E-state index is 0.519. The van der Waals surface area contributed by atoms with Crippen molar-refractivity contribution in [3.8, 4) is 0 Å². The number of piperidine rings is 1. The van der Waals surface area contributed by atoms with Gasteiger partial charge < -0.3 is 4.90 Å². The van der Waals surface area contributed by atoms with Gasteiger partial charge in [-0.1, -0.05) is 6.92 Å². The van der Waals surface area contributed by atoms with Crippen LogP contribution in [0.25, 0.3) is 0 Å². The zero-order valence-corrected chi connectivity index (χ0v) is 7.75. The third-order valence-corrected chi connectivity index (χ3v) is 2.40. The van der Waals surface area contributed by atoms with Crippen molar-refractivity contribution in [3.05, 3.63) is 0 Å². The van der Waals surface area contributed by atoms with E-state index < -0.39 is 11.8 Å². The maximum Gasteiger partial charge on any atom is 0.323 e. The summed E-state index contributed by atoms with van der Waals surface area (Å²) in [5.74, 6) is 4.26. The van der Waals surface area contributed by atoms with Crippen molar-refractivity contribution in [2.75, 3.05) is 13.1 Å². The number of nitrogens with two attached hydrogens (primary N) is 1. The summed E-state index contributed by atoms with van der Waals surface area (Å²) in [7, 11) is 0. The molecule has 1 aliphatic heterocycles. The number of hydrogen-bond donors (Lipinski definition) is 2. The molecule has 0 aliphatic carbocycles. The Morgan fingerprint density at radius 3 is 2.38 bits per heavy atom. The second-order valence-electron chi connectivity index (χ2n) is 3.45. The van der Waals surface area contributed by atoms with E-state index in [1.54, 1.807) is 4.90 Å². The first kappa shape index (κ1) is 9.98. The van der Waals surface area contributed by atoms with Crippen LogP contribution in [0.15, 0.2) is 0 Å². The molecule has 0 aromatic carbocycles. The van der Waals surface area contributed by atoms with Gasteiger partial charge in [-0.2, -0.15) is 0 Å². The van der Waals surface area contributed by atoms with Gasteiger partial charge in [-0.25, -0.2) is 5.84 Å². The molecule has 5 nitrogen and oxygen atoms in total. The molecular formula is C8H15N3O2. The van der Waals surface area contributed by atoms with Crippen LogP contribution in [0.3, 0.4) is 0 Å². The number of carbonyl (C=O) groups is 2. The summed E-state index contributed by atoms with van der Waals surface area (Å²) in [6, 6.07) is 0. The molecule has 74 valence electrons. The predicted molar refractivity (Wildman–Crippen MR) is 47.3 cm³/mol. The Labute approximate surface area is 77.2 Å². The van der Waals surface area contributed by atoms with Gasteiger partial charge in [-0.15, -0.1) is 0 Å². The monoisotopic (exact) mass is 185 g/mol. The maximum atomic E-state index is 11.3. The Morgan fingerprint density at radius 2 is 1.92 bits per heavy atom. The largest absolute Gasteiger partial charge is 0.334 e. The lowest BCUT2D eigenvalue weighted by Gasteiger charge is -2.29. The standard InChI is InChI=1S/C8H15N3O2/c1-6-2-4-11(5-3-6)8(13)7(12)10-9/h6H,2-5,9H2,1H3,(H,10,12). The van der Waals surface area contributed by atoms with Crippen LogP contribution in [0, 0.1) is 5.92 Å². The van der Waals surface area contributed by atoms with Crippen LogP contribution in [0.2, 0.25) is 0 Å². The van der Waals surface area contributed by atoms with Gasteiger partial charge in [0.15, 0.2) is 0 Å². The molecule has 1 rings (SSSR count). The van der Waals surface area contributed by atoms with Crippen LogP contribution < -0.4 is 11.3 Å². The summed E-state index contributed by atoms with van der Waals surface area (Å²) < 4.78 is 0. The molecule has 0 unspecified atom stereocenters. The number of amides is 2. The SMILES string of the molecule is CC1CCN(C(=O)C(=O)NN)CC1. The average Bonchev–Trinajstić information content (AvgIpc) is 2.17. The lowest BCUT2D eigenvalue weighted by Crippen LogP contribution is -2.48.